The quantitative estimate of drug-likeness (QED) is 0.756. The predicted molar refractivity (Wildman–Crippen MR) is 91.0 cm³/mol. The molecule has 0 saturated carbocycles. The van der Waals surface area contributed by atoms with E-state index in [1.165, 1.54) is 17.9 Å². The van der Waals surface area contributed by atoms with Crippen LogP contribution in [0.15, 0.2) is 0 Å². The first kappa shape index (κ1) is 18.6. The van der Waals surface area contributed by atoms with Crippen molar-refractivity contribution in [1.82, 2.24) is 10.6 Å². The molecule has 1 aliphatic rings. The summed E-state index contributed by atoms with van der Waals surface area (Å²) in [7, 11) is 0. The Morgan fingerprint density at radius 2 is 1.95 bits per heavy atom. The van der Waals surface area contributed by atoms with E-state index in [-0.39, 0.29) is 11.6 Å². The zero-order chi connectivity index (χ0) is 15.9. The summed E-state index contributed by atoms with van der Waals surface area (Å²) in [5.74, 6) is 3.32. The lowest BCUT2D eigenvalue weighted by molar-refractivity contribution is 0.0506. The van der Waals surface area contributed by atoms with Gasteiger partial charge in [-0.15, -0.1) is 0 Å². The molecule has 0 spiro atoms. The highest BCUT2D eigenvalue weighted by molar-refractivity contribution is 7.99. The normalized spacial score (nSPS) is 19.6. The molecule has 1 heterocycles. The molecule has 0 bridgehead atoms. The van der Waals surface area contributed by atoms with Gasteiger partial charge in [0.2, 0.25) is 0 Å². The molecule has 1 atom stereocenters. The topological polar surface area (TPSA) is 50.4 Å². The molecule has 0 aromatic rings. The molecule has 1 aliphatic heterocycles. The Morgan fingerprint density at radius 3 is 2.43 bits per heavy atom. The van der Waals surface area contributed by atoms with Crippen molar-refractivity contribution in [3.8, 4) is 0 Å². The van der Waals surface area contributed by atoms with Crippen molar-refractivity contribution in [3.63, 3.8) is 0 Å². The highest BCUT2D eigenvalue weighted by Crippen LogP contribution is 2.24. The minimum absolute atomic E-state index is 0.0236. The lowest BCUT2D eigenvalue weighted by Crippen LogP contribution is -2.54. The van der Waals surface area contributed by atoms with E-state index in [4.69, 9.17) is 4.74 Å². The number of carbonyl (C=O) groups is 1. The average Bonchev–Trinajstić information content (AvgIpc) is 2.91. The summed E-state index contributed by atoms with van der Waals surface area (Å²) in [5, 5.41) is 6.64. The fourth-order valence-electron chi connectivity index (χ4n) is 2.47. The van der Waals surface area contributed by atoms with Crippen molar-refractivity contribution < 1.29 is 9.53 Å². The van der Waals surface area contributed by atoms with Crippen molar-refractivity contribution >= 4 is 17.9 Å². The third-order valence-electron chi connectivity index (χ3n) is 4.11. The van der Waals surface area contributed by atoms with Crippen molar-refractivity contribution in [2.45, 2.75) is 65.0 Å². The molecule has 1 saturated heterocycles. The zero-order valence-electron chi connectivity index (χ0n) is 14.3. The predicted octanol–water partition coefficient (Wildman–Crippen LogP) is 3.41. The van der Waals surface area contributed by atoms with Crippen LogP contribution in [0.5, 0.6) is 0 Å². The number of alkyl carbamates (subject to hydrolysis) is 1. The number of amides is 1. The molecule has 2 N–H and O–H groups in total. The largest absolute Gasteiger partial charge is 0.444 e. The van der Waals surface area contributed by atoms with Crippen LogP contribution >= 0.6 is 11.8 Å². The first-order chi connectivity index (χ1) is 9.80. The third kappa shape index (κ3) is 6.92. The second-order valence-corrected chi connectivity index (χ2v) is 8.10. The zero-order valence-corrected chi connectivity index (χ0v) is 15.1. The van der Waals surface area contributed by atoms with E-state index in [1.807, 2.05) is 32.5 Å². The summed E-state index contributed by atoms with van der Waals surface area (Å²) in [6.45, 7) is 11.7. The summed E-state index contributed by atoms with van der Waals surface area (Å²) in [6, 6.07) is 0. The molecule has 0 aliphatic carbocycles. The summed E-state index contributed by atoms with van der Waals surface area (Å²) >= 11 is 2.04. The molecule has 4 nitrogen and oxygen atoms in total. The van der Waals surface area contributed by atoms with Gasteiger partial charge in [-0.3, -0.25) is 0 Å². The molecule has 0 aromatic heterocycles. The molecule has 0 radical (unpaired) electrons. The molecule has 5 heteroatoms. The SMILES string of the molecule is CCC(CC)(CNC(=O)OC(C)(C)C)NCC1CCSC1. The molecule has 21 heavy (non-hydrogen) atoms. The molecular weight excluding hydrogens is 284 g/mol. The second-order valence-electron chi connectivity index (χ2n) is 6.95. The molecule has 1 unspecified atom stereocenters. The van der Waals surface area contributed by atoms with E-state index in [0.29, 0.717) is 6.54 Å². The van der Waals surface area contributed by atoms with E-state index in [1.54, 1.807) is 0 Å². The Bertz CT molecular complexity index is 319. The monoisotopic (exact) mass is 316 g/mol. The molecular formula is C16H32N2O2S. The average molecular weight is 317 g/mol. The van der Waals surface area contributed by atoms with Gasteiger partial charge in [0, 0.05) is 12.1 Å². The first-order valence-electron chi connectivity index (χ1n) is 8.10. The second kappa shape index (κ2) is 8.28. The Kier molecular flexibility index (Phi) is 7.34. The molecule has 0 aromatic carbocycles. The Morgan fingerprint density at radius 1 is 1.29 bits per heavy atom. The lowest BCUT2D eigenvalue weighted by atomic mass is 9.91. The standard InChI is InChI=1S/C16H32N2O2S/c1-6-16(7-2,18-10-13-8-9-21-11-13)12-17-14(19)20-15(3,4)5/h13,18H,6-12H2,1-5H3,(H,17,19). The van der Waals surface area contributed by atoms with E-state index in [2.05, 4.69) is 24.5 Å². The molecule has 1 rings (SSSR count). The number of thioether (sulfide) groups is 1. The molecule has 1 amide bonds. The van der Waals surface area contributed by atoms with Gasteiger partial charge in [0.25, 0.3) is 0 Å². The summed E-state index contributed by atoms with van der Waals surface area (Å²) in [6.07, 6.45) is 2.98. The van der Waals surface area contributed by atoms with Gasteiger partial charge >= 0.3 is 6.09 Å². The van der Waals surface area contributed by atoms with Gasteiger partial charge in [-0.2, -0.15) is 11.8 Å². The van der Waals surface area contributed by atoms with E-state index in [9.17, 15) is 4.79 Å². The number of hydrogen-bond donors (Lipinski definition) is 2. The van der Waals surface area contributed by atoms with Crippen molar-refractivity contribution in [2.24, 2.45) is 5.92 Å². The number of carbonyl (C=O) groups excluding carboxylic acids is 1. The maximum Gasteiger partial charge on any atom is 0.407 e. The van der Waals surface area contributed by atoms with Gasteiger partial charge in [0.15, 0.2) is 0 Å². The Hall–Kier alpha value is -0.420. The smallest absolute Gasteiger partial charge is 0.407 e. The van der Waals surface area contributed by atoms with E-state index < -0.39 is 5.60 Å². The summed E-state index contributed by atoms with van der Waals surface area (Å²) in [5.41, 5.74) is -0.468. The van der Waals surface area contributed by atoms with Crippen LogP contribution in [0.25, 0.3) is 0 Å². The summed E-state index contributed by atoms with van der Waals surface area (Å²) in [4.78, 5) is 11.8. The maximum absolute atomic E-state index is 11.8. The van der Waals surface area contributed by atoms with Crippen LogP contribution in [0.4, 0.5) is 4.79 Å². The number of hydrogen-bond acceptors (Lipinski definition) is 4. The van der Waals surface area contributed by atoms with Crippen LogP contribution in [0.3, 0.4) is 0 Å². The van der Waals surface area contributed by atoms with E-state index >= 15 is 0 Å². The number of nitrogens with one attached hydrogen (secondary N) is 2. The summed E-state index contributed by atoms with van der Waals surface area (Å²) < 4.78 is 5.32. The van der Waals surface area contributed by atoms with Crippen LogP contribution in [-0.4, -0.2) is 41.8 Å². The van der Waals surface area contributed by atoms with Crippen molar-refractivity contribution in [3.05, 3.63) is 0 Å². The Balaban J connectivity index is 2.44. The van der Waals surface area contributed by atoms with Crippen LogP contribution in [-0.2, 0) is 4.74 Å². The number of rotatable bonds is 7. The van der Waals surface area contributed by atoms with Crippen LogP contribution in [0.2, 0.25) is 0 Å². The van der Waals surface area contributed by atoms with Crippen LogP contribution < -0.4 is 10.6 Å². The van der Waals surface area contributed by atoms with E-state index in [0.717, 1.165) is 25.3 Å². The number of ether oxygens (including phenoxy) is 1. The van der Waals surface area contributed by atoms with Gasteiger partial charge in [-0.1, -0.05) is 13.8 Å². The van der Waals surface area contributed by atoms with Crippen LogP contribution in [0.1, 0.15) is 53.9 Å². The first-order valence-corrected chi connectivity index (χ1v) is 9.25. The maximum atomic E-state index is 11.8. The highest BCUT2D eigenvalue weighted by atomic mass is 32.2. The Labute approximate surface area is 134 Å². The fourth-order valence-corrected chi connectivity index (χ4v) is 3.76. The van der Waals surface area contributed by atoms with Crippen molar-refractivity contribution in [1.29, 1.82) is 0 Å². The highest BCUT2D eigenvalue weighted by Gasteiger charge is 2.29. The minimum Gasteiger partial charge on any atom is -0.444 e. The minimum atomic E-state index is -0.445. The van der Waals surface area contributed by atoms with Gasteiger partial charge < -0.3 is 15.4 Å². The van der Waals surface area contributed by atoms with Gasteiger partial charge in [0.05, 0.1) is 0 Å². The molecule has 124 valence electrons. The van der Waals surface area contributed by atoms with Gasteiger partial charge in [-0.25, -0.2) is 4.79 Å². The fraction of sp³-hybridized carbons (Fsp3) is 0.938. The van der Waals surface area contributed by atoms with Gasteiger partial charge in [-0.05, 0) is 64.0 Å². The van der Waals surface area contributed by atoms with Gasteiger partial charge in [0.1, 0.15) is 5.60 Å². The lowest BCUT2D eigenvalue weighted by Gasteiger charge is -2.34. The van der Waals surface area contributed by atoms with Crippen LogP contribution in [0, 0.1) is 5.92 Å². The third-order valence-corrected chi connectivity index (χ3v) is 5.34. The van der Waals surface area contributed by atoms with Crippen molar-refractivity contribution in [2.75, 3.05) is 24.6 Å². The molecule has 1 fully saturated rings.